The van der Waals surface area contributed by atoms with Crippen molar-refractivity contribution >= 4 is 17.6 Å². The van der Waals surface area contributed by atoms with Gasteiger partial charge in [0, 0.05) is 19.3 Å². The van der Waals surface area contributed by atoms with Gasteiger partial charge in [0.15, 0.2) is 0 Å². The number of amides is 1. The van der Waals surface area contributed by atoms with E-state index in [9.17, 15) is 9.59 Å². The first-order valence-corrected chi connectivity index (χ1v) is 6.20. The highest BCUT2D eigenvalue weighted by Gasteiger charge is 2.29. The zero-order valence-electron chi connectivity index (χ0n) is 11.2. The van der Waals surface area contributed by atoms with Crippen molar-refractivity contribution in [2.45, 2.75) is 19.4 Å². The molecule has 0 fully saturated rings. The summed E-state index contributed by atoms with van der Waals surface area (Å²) in [5.41, 5.74) is 8.57. The molecular formula is C14H18N2O3. The highest BCUT2D eigenvalue weighted by molar-refractivity contribution is 5.84. The van der Waals surface area contributed by atoms with E-state index in [1.54, 1.807) is 11.9 Å². The van der Waals surface area contributed by atoms with Gasteiger partial charge in [-0.25, -0.2) is 0 Å². The number of methoxy groups -OCH3 is 1. The third-order valence-electron chi connectivity index (χ3n) is 3.47. The second kappa shape index (κ2) is 5.30. The van der Waals surface area contributed by atoms with Crippen LogP contribution >= 0.6 is 0 Å². The Morgan fingerprint density at radius 2 is 2.21 bits per heavy atom. The number of hydrogen-bond donors (Lipinski definition) is 1. The minimum absolute atomic E-state index is 0.0276. The van der Waals surface area contributed by atoms with Gasteiger partial charge in [-0.2, -0.15) is 0 Å². The van der Waals surface area contributed by atoms with Crippen LogP contribution in [-0.4, -0.2) is 30.9 Å². The number of esters is 1. The molecule has 2 N–H and O–H groups in total. The number of nitrogens with zero attached hydrogens (tertiary/aromatic N) is 1. The Morgan fingerprint density at radius 3 is 2.89 bits per heavy atom. The normalized spacial score (nSPS) is 18.7. The lowest BCUT2D eigenvalue weighted by atomic mass is 9.94. The number of fused-ring (bicyclic) bond motifs is 1. The van der Waals surface area contributed by atoms with E-state index < -0.39 is 0 Å². The first-order valence-electron chi connectivity index (χ1n) is 6.20. The van der Waals surface area contributed by atoms with Crippen molar-refractivity contribution < 1.29 is 14.3 Å². The van der Waals surface area contributed by atoms with Gasteiger partial charge in [0.1, 0.15) is 0 Å². The Bertz CT molecular complexity index is 513. The van der Waals surface area contributed by atoms with Crippen molar-refractivity contribution in [3.63, 3.8) is 0 Å². The molecule has 0 aromatic heterocycles. The van der Waals surface area contributed by atoms with Crippen LogP contribution in [0, 0.1) is 5.92 Å². The van der Waals surface area contributed by atoms with Crippen LogP contribution in [0.1, 0.15) is 17.5 Å². The van der Waals surface area contributed by atoms with Gasteiger partial charge < -0.3 is 15.4 Å². The van der Waals surface area contributed by atoms with Crippen LogP contribution in [0.5, 0.6) is 0 Å². The fourth-order valence-electron chi connectivity index (χ4n) is 2.43. The molecule has 2 rings (SSSR count). The summed E-state index contributed by atoms with van der Waals surface area (Å²) in [7, 11) is 3.08. The lowest BCUT2D eigenvalue weighted by molar-refractivity contribution is -0.146. The molecular weight excluding hydrogens is 244 g/mol. The van der Waals surface area contributed by atoms with Gasteiger partial charge in [-0.15, -0.1) is 0 Å². The molecule has 1 amide bonds. The first kappa shape index (κ1) is 13.4. The third-order valence-corrected chi connectivity index (χ3v) is 3.47. The number of nitrogens with two attached hydrogens (primary N) is 1. The summed E-state index contributed by atoms with van der Waals surface area (Å²) in [6.45, 7) is 0.525. The summed E-state index contributed by atoms with van der Waals surface area (Å²) in [4.78, 5) is 25.3. The molecule has 102 valence electrons. The molecule has 5 heteroatoms. The van der Waals surface area contributed by atoms with Crippen LogP contribution < -0.4 is 5.73 Å². The van der Waals surface area contributed by atoms with E-state index in [1.165, 1.54) is 7.11 Å². The Balaban J connectivity index is 2.29. The lowest BCUT2D eigenvalue weighted by Gasteiger charge is -2.19. The zero-order valence-corrected chi connectivity index (χ0v) is 11.2. The number of rotatable bonds is 2. The summed E-state index contributed by atoms with van der Waals surface area (Å²) in [5, 5.41) is 0. The first-order chi connectivity index (χ1) is 9.01. The maximum Gasteiger partial charge on any atom is 0.306 e. The minimum Gasteiger partial charge on any atom is -0.469 e. The Kier molecular flexibility index (Phi) is 3.74. The topological polar surface area (TPSA) is 72.6 Å². The Hall–Kier alpha value is -2.04. The number of ether oxygens (including phenoxy) is 1. The van der Waals surface area contributed by atoms with Crippen LogP contribution in [0.15, 0.2) is 18.2 Å². The van der Waals surface area contributed by atoms with Crippen LogP contribution in [0.4, 0.5) is 5.69 Å². The number of carbonyl (C=O) groups is 2. The minimum atomic E-state index is -0.359. The molecule has 0 saturated carbocycles. The summed E-state index contributed by atoms with van der Waals surface area (Å²) < 4.78 is 4.65. The highest BCUT2D eigenvalue weighted by atomic mass is 16.5. The maximum absolute atomic E-state index is 12.2. The Morgan fingerprint density at radius 1 is 1.47 bits per heavy atom. The number of nitrogen functional groups attached to an aromatic ring is 1. The fourth-order valence-corrected chi connectivity index (χ4v) is 2.43. The second-order valence-corrected chi connectivity index (χ2v) is 4.90. The molecule has 19 heavy (non-hydrogen) atoms. The predicted molar refractivity (Wildman–Crippen MR) is 71.2 cm³/mol. The SMILES string of the molecule is COC(=O)CC1Cc2ccc(N)cc2CN(C)C1=O. The summed E-state index contributed by atoms with van der Waals surface area (Å²) in [5.74, 6) is -0.742. The molecule has 1 aromatic rings. The maximum atomic E-state index is 12.2. The molecule has 1 unspecified atom stereocenters. The zero-order chi connectivity index (χ0) is 14.0. The van der Waals surface area contributed by atoms with E-state index in [2.05, 4.69) is 4.74 Å². The molecule has 1 atom stereocenters. The average molecular weight is 262 g/mol. The van der Waals surface area contributed by atoms with Gasteiger partial charge in [-0.05, 0) is 29.7 Å². The molecule has 1 aliphatic heterocycles. The van der Waals surface area contributed by atoms with Gasteiger partial charge in [-0.3, -0.25) is 9.59 Å². The highest BCUT2D eigenvalue weighted by Crippen LogP contribution is 2.25. The van der Waals surface area contributed by atoms with E-state index >= 15 is 0 Å². The van der Waals surface area contributed by atoms with E-state index in [0.717, 1.165) is 11.1 Å². The second-order valence-electron chi connectivity index (χ2n) is 4.90. The van der Waals surface area contributed by atoms with E-state index in [0.29, 0.717) is 18.7 Å². The van der Waals surface area contributed by atoms with Crippen LogP contribution in [0.2, 0.25) is 0 Å². The number of hydrogen-bond acceptors (Lipinski definition) is 4. The standard InChI is InChI=1S/C14H18N2O3/c1-16-8-11-6-12(15)4-3-9(11)5-10(14(16)18)7-13(17)19-2/h3-4,6,10H,5,7-8,15H2,1-2H3. The van der Waals surface area contributed by atoms with Crippen molar-refractivity contribution in [2.75, 3.05) is 19.9 Å². The van der Waals surface area contributed by atoms with Gasteiger partial charge in [-0.1, -0.05) is 6.07 Å². The van der Waals surface area contributed by atoms with Gasteiger partial charge in [0.2, 0.25) is 5.91 Å². The molecule has 1 aromatic carbocycles. The molecule has 0 radical (unpaired) electrons. The van der Waals surface area contributed by atoms with Crippen molar-refractivity contribution in [3.05, 3.63) is 29.3 Å². The molecule has 0 saturated heterocycles. The smallest absolute Gasteiger partial charge is 0.306 e. The fraction of sp³-hybridized carbons (Fsp3) is 0.429. The summed E-state index contributed by atoms with van der Waals surface area (Å²) in [6, 6.07) is 5.64. The Labute approximate surface area is 112 Å². The van der Waals surface area contributed by atoms with Crippen molar-refractivity contribution in [1.29, 1.82) is 0 Å². The molecule has 0 bridgehead atoms. The summed E-state index contributed by atoms with van der Waals surface area (Å²) in [6.07, 6.45) is 0.664. The van der Waals surface area contributed by atoms with Crippen molar-refractivity contribution in [2.24, 2.45) is 5.92 Å². The van der Waals surface area contributed by atoms with Crippen LogP contribution in [0.25, 0.3) is 0 Å². The quantitative estimate of drug-likeness (QED) is 0.636. The predicted octanol–water partition coefficient (Wildman–Crippen LogP) is 0.963. The van der Waals surface area contributed by atoms with Gasteiger partial charge in [0.05, 0.1) is 19.4 Å². The average Bonchev–Trinajstić information content (AvgIpc) is 2.49. The van der Waals surface area contributed by atoms with Gasteiger partial charge in [0.25, 0.3) is 0 Å². The molecule has 1 aliphatic rings. The van der Waals surface area contributed by atoms with Gasteiger partial charge >= 0.3 is 5.97 Å². The van der Waals surface area contributed by atoms with Crippen molar-refractivity contribution in [3.8, 4) is 0 Å². The number of anilines is 1. The molecule has 0 aliphatic carbocycles. The molecule has 1 heterocycles. The van der Waals surface area contributed by atoms with E-state index in [4.69, 9.17) is 5.73 Å². The number of carbonyl (C=O) groups excluding carboxylic acids is 2. The van der Waals surface area contributed by atoms with Crippen molar-refractivity contribution in [1.82, 2.24) is 4.90 Å². The van der Waals surface area contributed by atoms with Crippen LogP contribution in [0.3, 0.4) is 0 Å². The summed E-state index contributed by atoms with van der Waals surface area (Å²) >= 11 is 0. The largest absolute Gasteiger partial charge is 0.469 e. The monoisotopic (exact) mass is 262 g/mol. The number of benzene rings is 1. The third kappa shape index (κ3) is 2.86. The molecule has 0 spiro atoms. The van der Waals surface area contributed by atoms with E-state index in [1.807, 2.05) is 18.2 Å². The lowest BCUT2D eigenvalue weighted by Crippen LogP contribution is -2.32. The van der Waals surface area contributed by atoms with E-state index in [-0.39, 0.29) is 24.2 Å². The molecule has 5 nitrogen and oxygen atoms in total. The van der Waals surface area contributed by atoms with Crippen LogP contribution in [-0.2, 0) is 27.3 Å².